The monoisotopic (exact) mass is 379 g/mol. The molecule has 0 aliphatic rings. The average Bonchev–Trinajstić information content (AvgIpc) is 3.31. The number of anilines is 1. The van der Waals surface area contributed by atoms with E-state index in [0.29, 0.717) is 16.6 Å². The molecule has 140 valence electrons. The van der Waals surface area contributed by atoms with E-state index in [1.54, 1.807) is 41.2 Å². The fraction of sp³-hybridized carbons (Fsp3) is 0.0500. The number of aromatic nitrogens is 4. The Morgan fingerprint density at radius 1 is 1.18 bits per heavy atom. The van der Waals surface area contributed by atoms with Gasteiger partial charge in [0.25, 0.3) is 0 Å². The number of nitrogens with zero attached hydrogens (tertiary/aromatic N) is 3. The lowest BCUT2D eigenvalue weighted by Gasteiger charge is -2.07. The first-order chi connectivity index (χ1) is 13.6. The second kappa shape index (κ2) is 7.43. The lowest BCUT2D eigenvalue weighted by atomic mass is 10.1. The van der Waals surface area contributed by atoms with Crippen LogP contribution in [0.15, 0.2) is 55.1 Å². The Bertz CT molecular complexity index is 1150. The van der Waals surface area contributed by atoms with Crippen LogP contribution in [0, 0.1) is 11.6 Å². The number of benzene rings is 2. The van der Waals surface area contributed by atoms with Gasteiger partial charge in [-0.25, -0.2) is 13.8 Å². The minimum atomic E-state index is -0.566. The van der Waals surface area contributed by atoms with E-state index in [-0.39, 0.29) is 24.0 Å². The SMILES string of the molecule is O=C(Cn1ccnc1)Nc1cc2c(C=Cc3ccc(F)cc3)n[nH]c2cc1F. The van der Waals surface area contributed by atoms with Crippen molar-refractivity contribution >= 4 is 34.6 Å². The van der Waals surface area contributed by atoms with E-state index < -0.39 is 5.82 Å². The van der Waals surface area contributed by atoms with Gasteiger partial charge in [-0.05, 0) is 29.8 Å². The van der Waals surface area contributed by atoms with Gasteiger partial charge in [0.1, 0.15) is 18.2 Å². The zero-order chi connectivity index (χ0) is 19.5. The van der Waals surface area contributed by atoms with Crippen molar-refractivity contribution < 1.29 is 13.6 Å². The summed E-state index contributed by atoms with van der Waals surface area (Å²) < 4.78 is 28.9. The zero-order valence-electron chi connectivity index (χ0n) is 14.6. The number of rotatable bonds is 5. The van der Waals surface area contributed by atoms with Crippen molar-refractivity contribution in [3.8, 4) is 0 Å². The van der Waals surface area contributed by atoms with Crippen molar-refractivity contribution in [2.45, 2.75) is 6.54 Å². The topological polar surface area (TPSA) is 75.6 Å². The quantitative estimate of drug-likeness (QED) is 0.553. The van der Waals surface area contributed by atoms with Crippen LogP contribution < -0.4 is 5.32 Å². The third-order valence-electron chi connectivity index (χ3n) is 4.14. The highest BCUT2D eigenvalue weighted by atomic mass is 19.1. The Kier molecular flexibility index (Phi) is 4.67. The number of carbonyl (C=O) groups excluding carboxylic acids is 1. The number of imidazole rings is 1. The Morgan fingerprint density at radius 2 is 2.00 bits per heavy atom. The summed E-state index contributed by atoms with van der Waals surface area (Å²) in [5.74, 6) is -1.25. The molecule has 1 amide bonds. The molecule has 0 radical (unpaired) electrons. The first-order valence-electron chi connectivity index (χ1n) is 8.45. The molecule has 0 unspecified atom stereocenters. The Balaban J connectivity index is 1.58. The summed E-state index contributed by atoms with van der Waals surface area (Å²) in [4.78, 5) is 16.0. The maximum atomic E-state index is 14.3. The summed E-state index contributed by atoms with van der Waals surface area (Å²) in [5.41, 5.74) is 1.94. The van der Waals surface area contributed by atoms with Crippen LogP contribution in [0.1, 0.15) is 11.3 Å². The molecule has 2 aromatic heterocycles. The molecular formula is C20H15F2N5O. The molecule has 8 heteroatoms. The molecule has 2 heterocycles. The van der Waals surface area contributed by atoms with Gasteiger partial charge in [0.05, 0.1) is 23.2 Å². The van der Waals surface area contributed by atoms with Crippen molar-refractivity contribution in [1.29, 1.82) is 0 Å². The number of halogens is 2. The first kappa shape index (κ1) is 17.6. The smallest absolute Gasteiger partial charge is 0.244 e. The van der Waals surface area contributed by atoms with Crippen LogP contribution in [0.2, 0.25) is 0 Å². The normalized spacial score (nSPS) is 11.4. The number of fused-ring (bicyclic) bond motifs is 1. The standard InChI is InChI=1S/C20H15F2N5O/c21-14-4-1-13(2-5-14)3-6-17-15-9-19(16(22)10-18(15)26-25-17)24-20(28)11-27-8-7-23-12-27/h1-10,12H,11H2,(H,24,28)(H,25,26). The average molecular weight is 379 g/mol. The number of amides is 1. The number of aromatic amines is 1. The fourth-order valence-corrected chi connectivity index (χ4v) is 2.77. The molecule has 28 heavy (non-hydrogen) atoms. The summed E-state index contributed by atoms with van der Waals surface area (Å²) in [5, 5.41) is 10.2. The van der Waals surface area contributed by atoms with Gasteiger partial charge < -0.3 is 9.88 Å². The van der Waals surface area contributed by atoms with Crippen molar-refractivity contribution in [3.63, 3.8) is 0 Å². The van der Waals surface area contributed by atoms with E-state index in [1.807, 2.05) is 0 Å². The molecule has 4 rings (SSSR count). The molecular weight excluding hydrogens is 364 g/mol. The predicted octanol–water partition coefficient (Wildman–Crippen LogP) is 3.85. The van der Waals surface area contributed by atoms with Gasteiger partial charge in [0, 0.05) is 23.8 Å². The maximum Gasteiger partial charge on any atom is 0.244 e. The second-order valence-corrected chi connectivity index (χ2v) is 6.15. The van der Waals surface area contributed by atoms with Crippen LogP contribution >= 0.6 is 0 Å². The lowest BCUT2D eigenvalue weighted by Crippen LogP contribution is -2.18. The van der Waals surface area contributed by atoms with Crippen LogP contribution in [-0.4, -0.2) is 25.7 Å². The molecule has 0 saturated carbocycles. The van der Waals surface area contributed by atoms with Gasteiger partial charge in [-0.3, -0.25) is 9.89 Å². The first-order valence-corrected chi connectivity index (χ1v) is 8.45. The van der Waals surface area contributed by atoms with Crippen LogP contribution in [0.5, 0.6) is 0 Å². The van der Waals surface area contributed by atoms with Crippen LogP contribution in [0.3, 0.4) is 0 Å². The summed E-state index contributed by atoms with van der Waals surface area (Å²) in [6, 6.07) is 8.83. The van der Waals surface area contributed by atoms with Crippen molar-refractivity contribution in [2.24, 2.45) is 0 Å². The second-order valence-electron chi connectivity index (χ2n) is 6.15. The third kappa shape index (κ3) is 3.80. The van der Waals surface area contributed by atoms with Crippen LogP contribution in [-0.2, 0) is 11.3 Å². The van der Waals surface area contributed by atoms with E-state index in [9.17, 15) is 13.6 Å². The number of H-pyrrole nitrogens is 1. The highest BCUT2D eigenvalue weighted by Crippen LogP contribution is 2.25. The molecule has 2 N–H and O–H groups in total. The number of hydrogen-bond donors (Lipinski definition) is 2. The van der Waals surface area contributed by atoms with Crippen molar-refractivity contribution in [1.82, 2.24) is 19.7 Å². The summed E-state index contributed by atoms with van der Waals surface area (Å²) in [6.45, 7) is 0.0280. The molecule has 0 aliphatic heterocycles. The molecule has 4 aromatic rings. The van der Waals surface area contributed by atoms with Gasteiger partial charge in [-0.1, -0.05) is 18.2 Å². The minimum absolute atomic E-state index is 0.0280. The van der Waals surface area contributed by atoms with Gasteiger partial charge in [-0.2, -0.15) is 5.10 Å². The number of hydrogen-bond acceptors (Lipinski definition) is 3. The fourth-order valence-electron chi connectivity index (χ4n) is 2.77. The molecule has 0 saturated heterocycles. The van der Waals surface area contributed by atoms with Crippen LogP contribution in [0.4, 0.5) is 14.5 Å². The van der Waals surface area contributed by atoms with Gasteiger partial charge in [0.2, 0.25) is 5.91 Å². The van der Waals surface area contributed by atoms with Gasteiger partial charge in [0.15, 0.2) is 0 Å². The molecule has 0 bridgehead atoms. The highest BCUT2D eigenvalue weighted by molar-refractivity contribution is 5.96. The molecule has 6 nitrogen and oxygen atoms in total. The van der Waals surface area contributed by atoms with E-state index >= 15 is 0 Å². The van der Waals surface area contributed by atoms with Gasteiger partial charge in [-0.15, -0.1) is 0 Å². The van der Waals surface area contributed by atoms with Crippen molar-refractivity contribution in [3.05, 3.63) is 78.0 Å². The minimum Gasteiger partial charge on any atom is -0.328 e. The maximum absolute atomic E-state index is 14.3. The summed E-state index contributed by atoms with van der Waals surface area (Å²) in [7, 11) is 0. The molecule has 0 atom stereocenters. The largest absolute Gasteiger partial charge is 0.328 e. The number of carbonyl (C=O) groups is 1. The van der Waals surface area contributed by atoms with Crippen LogP contribution in [0.25, 0.3) is 23.1 Å². The molecule has 0 fully saturated rings. The molecule has 0 aliphatic carbocycles. The molecule has 0 spiro atoms. The van der Waals surface area contributed by atoms with Crippen molar-refractivity contribution in [2.75, 3.05) is 5.32 Å². The third-order valence-corrected chi connectivity index (χ3v) is 4.14. The van der Waals surface area contributed by atoms with E-state index in [1.165, 1.54) is 30.6 Å². The Hall–Kier alpha value is -3.81. The van der Waals surface area contributed by atoms with Gasteiger partial charge >= 0.3 is 0 Å². The number of nitrogens with one attached hydrogen (secondary N) is 2. The predicted molar refractivity (Wildman–Crippen MR) is 102 cm³/mol. The van der Waals surface area contributed by atoms with E-state index in [4.69, 9.17) is 0 Å². The lowest BCUT2D eigenvalue weighted by molar-refractivity contribution is -0.116. The van der Waals surface area contributed by atoms with E-state index in [2.05, 4.69) is 20.5 Å². The zero-order valence-corrected chi connectivity index (χ0v) is 14.6. The summed E-state index contributed by atoms with van der Waals surface area (Å²) in [6.07, 6.45) is 8.23. The van der Waals surface area contributed by atoms with E-state index in [0.717, 1.165) is 5.56 Å². The Labute approximate surface area is 158 Å². The highest BCUT2D eigenvalue weighted by Gasteiger charge is 2.12. The molecule has 2 aromatic carbocycles. The summed E-state index contributed by atoms with van der Waals surface area (Å²) >= 11 is 0. The Morgan fingerprint density at radius 3 is 2.75 bits per heavy atom.